The number of nitrogens with zero attached hydrogens (tertiary/aromatic N) is 1. The Hall–Kier alpha value is -0.640. The maximum Gasteiger partial charge on any atom is 0.146 e. The Balaban J connectivity index is 1.83. The lowest BCUT2D eigenvalue weighted by molar-refractivity contribution is 0.0262. The molecular weight excluding hydrogens is 287 g/mol. The predicted molar refractivity (Wildman–Crippen MR) is 85.0 cm³/mol. The van der Waals surface area contributed by atoms with Crippen LogP contribution >= 0.6 is 11.6 Å². The first kappa shape index (κ1) is 15.3. The molecule has 0 aromatic heterocycles. The molecule has 2 nitrogen and oxygen atoms in total. The molecule has 2 aliphatic rings. The van der Waals surface area contributed by atoms with Gasteiger partial charge in [-0.3, -0.25) is 4.90 Å². The van der Waals surface area contributed by atoms with Crippen LogP contribution in [0.2, 0.25) is 5.02 Å². The zero-order valence-corrected chi connectivity index (χ0v) is 13.6. The van der Waals surface area contributed by atoms with Crippen LogP contribution in [0, 0.1) is 11.7 Å². The van der Waals surface area contributed by atoms with Crippen molar-refractivity contribution in [2.75, 3.05) is 13.1 Å². The zero-order chi connectivity index (χ0) is 15.0. The second-order valence-corrected chi connectivity index (χ2v) is 7.12. The van der Waals surface area contributed by atoms with Crippen LogP contribution in [0.25, 0.3) is 0 Å². The number of hydrogen-bond donors (Lipinski definition) is 1. The van der Waals surface area contributed by atoms with Crippen molar-refractivity contribution in [3.8, 4) is 0 Å². The van der Waals surface area contributed by atoms with Crippen LogP contribution < -0.4 is 5.32 Å². The Morgan fingerprint density at radius 1 is 1.43 bits per heavy atom. The lowest BCUT2D eigenvalue weighted by Gasteiger charge is -2.48. The maximum atomic E-state index is 14.2. The number of hydrogen-bond acceptors (Lipinski definition) is 2. The number of halogens is 2. The average Bonchev–Trinajstić information content (AvgIpc) is 3.31. The zero-order valence-electron chi connectivity index (χ0n) is 12.8. The number of piperazine rings is 1. The first-order valence-electron chi connectivity index (χ1n) is 7.96. The molecule has 1 aromatic carbocycles. The van der Waals surface area contributed by atoms with Crippen molar-refractivity contribution in [2.24, 2.45) is 5.92 Å². The molecule has 1 aliphatic heterocycles. The monoisotopic (exact) mass is 310 g/mol. The van der Waals surface area contributed by atoms with Gasteiger partial charge in [0.05, 0.1) is 5.02 Å². The van der Waals surface area contributed by atoms with Crippen LogP contribution in [0.5, 0.6) is 0 Å². The molecular formula is C17H24ClFN2. The Kier molecular flexibility index (Phi) is 4.26. The summed E-state index contributed by atoms with van der Waals surface area (Å²) in [5.74, 6) is 0.481. The lowest BCUT2D eigenvalue weighted by Crippen LogP contribution is -2.63. The van der Waals surface area contributed by atoms with Gasteiger partial charge in [0.2, 0.25) is 0 Å². The normalized spacial score (nSPS) is 30.6. The Labute approximate surface area is 131 Å². The molecule has 1 aromatic rings. The van der Waals surface area contributed by atoms with Crippen molar-refractivity contribution in [1.29, 1.82) is 0 Å². The van der Waals surface area contributed by atoms with Gasteiger partial charge >= 0.3 is 0 Å². The molecule has 2 atom stereocenters. The fraction of sp³-hybridized carbons (Fsp3) is 0.647. The molecule has 2 unspecified atom stereocenters. The summed E-state index contributed by atoms with van der Waals surface area (Å²) in [5, 5.41) is 3.89. The molecule has 0 radical (unpaired) electrons. The molecule has 0 amide bonds. The average molecular weight is 311 g/mol. The van der Waals surface area contributed by atoms with E-state index in [1.54, 1.807) is 6.07 Å². The largest absolute Gasteiger partial charge is 0.311 e. The van der Waals surface area contributed by atoms with Crippen LogP contribution in [-0.4, -0.2) is 29.6 Å². The summed E-state index contributed by atoms with van der Waals surface area (Å²) in [7, 11) is 0. The van der Waals surface area contributed by atoms with E-state index in [0.717, 1.165) is 25.4 Å². The van der Waals surface area contributed by atoms with E-state index in [2.05, 4.69) is 24.1 Å². The van der Waals surface area contributed by atoms with Crippen LogP contribution in [0.15, 0.2) is 18.2 Å². The molecule has 1 heterocycles. The van der Waals surface area contributed by atoms with Crippen molar-refractivity contribution in [1.82, 2.24) is 10.2 Å². The second-order valence-electron chi connectivity index (χ2n) is 6.71. The second kappa shape index (κ2) is 5.86. The first-order chi connectivity index (χ1) is 10.0. The van der Waals surface area contributed by atoms with Crippen LogP contribution in [-0.2, 0) is 6.54 Å². The summed E-state index contributed by atoms with van der Waals surface area (Å²) in [6.07, 6.45) is 3.70. The highest BCUT2D eigenvalue weighted by atomic mass is 35.5. The molecule has 0 spiro atoms. The van der Waals surface area contributed by atoms with E-state index in [-0.39, 0.29) is 16.4 Å². The van der Waals surface area contributed by atoms with E-state index in [4.69, 9.17) is 11.6 Å². The van der Waals surface area contributed by atoms with E-state index in [1.807, 2.05) is 12.1 Å². The molecule has 0 bridgehead atoms. The van der Waals surface area contributed by atoms with E-state index in [9.17, 15) is 4.39 Å². The van der Waals surface area contributed by atoms with E-state index in [0.29, 0.717) is 18.2 Å². The quantitative estimate of drug-likeness (QED) is 0.909. The fourth-order valence-corrected chi connectivity index (χ4v) is 3.70. The lowest BCUT2D eigenvalue weighted by atomic mass is 9.88. The Morgan fingerprint density at radius 3 is 2.86 bits per heavy atom. The molecule has 116 valence electrons. The summed E-state index contributed by atoms with van der Waals surface area (Å²) in [5.41, 5.74) is 0.853. The Morgan fingerprint density at radius 2 is 2.19 bits per heavy atom. The molecule has 1 aliphatic carbocycles. The Bertz CT molecular complexity index is 518. The van der Waals surface area contributed by atoms with Gasteiger partial charge in [0.25, 0.3) is 0 Å². The topological polar surface area (TPSA) is 15.3 Å². The van der Waals surface area contributed by atoms with Crippen molar-refractivity contribution in [3.05, 3.63) is 34.6 Å². The van der Waals surface area contributed by atoms with Crippen molar-refractivity contribution >= 4 is 11.6 Å². The summed E-state index contributed by atoms with van der Waals surface area (Å²) >= 11 is 5.93. The van der Waals surface area contributed by atoms with Gasteiger partial charge in [-0.15, -0.1) is 0 Å². The van der Waals surface area contributed by atoms with Crippen molar-refractivity contribution in [2.45, 2.75) is 51.2 Å². The maximum absolute atomic E-state index is 14.2. The van der Waals surface area contributed by atoms with Gasteiger partial charge in [-0.05, 0) is 38.2 Å². The number of nitrogens with one attached hydrogen (secondary N) is 1. The van der Waals surface area contributed by atoms with Crippen molar-refractivity contribution < 1.29 is 4.39 Å². The van der Waals surface area contributed by atoms with Crippen LogP contribution in [0.1, 0.15) is 38.7 Å². The SMILES string of the molecule is CCC1CN(Cc2cccc(Cl)c2F)C(C)(C2CC2)CN1. The van der Waals surface area contributed by atoms with E-state index in [1.165, 1.54) is 12.8 Å². The van der Waals surface area contributed by atoms with Gasteiger partial charge in [-0.2, -0.15) is 0 Å². The highest BCUT2D eigenvalue weighted by molar-refractivity contribution is 6.30. The van der Waals surface area contributed by atoms with Gasteiger partial charge in [-0.1, -0.05) is 30.7 Å². The van der Waals surface area contributed by atoms with Crippen LogP contribution in [0.3, 0.4) is 0 Å². The minimum atomic E-state index is -0.260. The summed E-state index contributed by atoms with van der Waals surface area (Å²) in [6.45, 7) is 7.16. The standard InChI is InChI=1S/C17H24ClFN2/c1-3-14-10-21(17(2,11-20-14)13-7-8-13)9-12-5-4-6-15(18)16(12)19/h4-6,13-14,20H,3,7-11H2,1-2H3. The molecule has 1 saturated heterocycles. The third-order valence-electron chi connectivity index (χ3n) is 5.25. The minimum absolute atomic E-state index is 0.139. The number of benzene rings is 1. The molecule has 21 heavy (non-hydrogen) atoms. The predicted octanol–water partition coefficient (Wildman–Crippen LogP) is 3.83. The summed E-state index contributed by atoms with van der Waals surface area (Å²) < 4.78 is 14.2. The van der Waals surface area contributed by atoms with Gasteiger partial charge < -0.3 is 5.32 Å². The van der Waals surface area contributed by atoms with Gasteiger partial charge in [0.1, 0.15) is 5.82 Å². The number of rotatable bonds is 4. The fourth-order valence-electron chi connectivity index (χ4n) is 3.50. The summed E-state index contributed by atoms with van der Waals surface area (Å²) in [4.78, 5) is 2.48. The highest BCUT2D eigenvalue weighted by Crippen LogP contribution is 2.44. The van der Waals surface area contributed by atoms with E-state index < -0.39 is 0 Å². The van der Waals surface area contributed by atoms with Crippen LogP contribution in [0.4, 0.5) is 4.39 Å². The molecule has 1 saturated carbocycles. The smallest absolute Gasteiger partial charge is 0.146 e. The van der Waals surface area contributed by atoms with Gasteiger partial charge in [-0.25, -0.2) is 4.39 Å². The third-order valence-corrected chi connectivity index (χ3v) is 5.55. The molecule has 2 fully saturated rings. The first-order valence-corrected chi connectivity index (χ1v) is 8.33. The molecule has 3 rings (SSSR count). The third kappa shape index (κ3) is 2.96. The molecule has 4 heteroatoms. The van der Waals surface area contributed by atoms with Gasteiger partial charge in [0.15, 0.2) is 0 Å². The molecule has 1 N–H and O–H groups in total. The van der Waals surface area contributed by atoms with Gasteiger partial charge in [0, 0.05) is 36.8 Å². The highest BCUT2D eigenvalue weighted by Gasteiger charge is 2.48. The summed E-state index contributed by atoms with van der Waals surface area (Å²) in [6, 6.07) is 5.82. The van der Waals surface area contributed by atoms with E-state index >= 15 is 0 Å². The van der Waals surface area contributed by atoms with Crippen molar-refractivity contribution in [3.63, 3.8) is 0 Å². The minimum Gasteiger partial charge on any atom is -0.311 e.